The van der Waals surface area contributed by atoms with E-state index in [2.05, 4.69) is 20.1 Å². The molecule has 43 heavy (non-hydrogen) atoms. The van der Waals surface area contributed by atoms with Gasteiger partial charge in [-0.2, -0.15) is 0 Å². The summed E-state index contributed by atoms with van der Waals surface area (Å²) in [4.78, 5) is 37.8. The van der Waals surface area contributed by atoms with E-state index in [1.165, 1.54) is 26.0 Å². The van der Waals surface area contributed by atoms with E-state index in [9.17, 15) is 24.6 Å². The van der Waals surface area contributed by atoms with E-state index in [0.29, 0.717) is 18.4 Å². The second kappa shape index (κ2) is 14.6. The first-order valence-electron chi connectivity index (χ1n) is 15.2. The minimum absolute atomic E-state index is 0.204. The monoisotopic (exact) mass is 600 g/mol. The molecule has 0 radical (unpaired) electrons. The Balaban J connectivity index is 2.13. The van der Waals surface area contributed by atoms with Crippen LogP contribution in [0.3, 0.4) is 0 Å². The first kappa shape index (κ1) is 34.5. The first-order chi connectivity index (χ1) is 20.3. The largest absolute Gasteiger partial charge is 0.455 e. The number of hydrogen-bond acceptors (Lipinski definition) is 9. The van der Waals surface area contributed by atoms with Crippen LogP contribution in [0.15, 0.2) is 60.8 Å². The maximum absolute atomic E-state index is 13.2. The summed E-state index contributed by atoms with van der Waals surface area (Å²) in [6, 6.07) is 0. The van der Waals surface area contributed by atoms with Crippen LogP contribution in [-0.4, -0.2) is 59.0 Å². The maximum Gasteiger partial charge on any atom is 0.331 e. The van der Waals surface area contributed by atoms with Crippen LogP contribution in [0.25, 0.3) is 0 Å². The highest BCUT2D eigenvalue weighted by molar-refractivity contribution is 5.82. The van der Waals surface area contributed by atoms with Crippen LogP contribution >= 0.6 is 0 Å². The summed E-state index contributed by atoms with van der Waals surface area (Å²) in [5, 5.41) is 23.1. The zero-order chi connectivity index (χ0) is 31.9. The van der Waals surface area contributed by atoms with Crippen molar-refractivity contribution in [1.82, 2.24) is 0 Å². The van der Waals surface area contributed by atoms with Crippen molar-refractivity contribution in [3.63, 3.8) is 0 Å². The molecule has 3 aliphatic rings. The Morgan fingerprint density at radius 2 is 1.81 bits per heavy atom. The lowest BCUT2D eigenvalue weighted by atomic mass is 9.44. The molecule has 1 saturated heterocycles. The summed E-state index contributed by atoms with van der Waals surface area (Å²) < 4.78 is 23.4. The molecule has 1 heterocycles. The van der Waals surface area contributed by atoms with Gasteiger partial charge in [-0.1, -0.05) is 76.6 Å². The van der Waals surface area contributed by atoms with Crippen molar-refractivity contribution < 1.29 is 43.5 Å². The molecule has 2 fully saturated rings. The Morgan fingerprint density at radius 1 is 1.12 bits per heavy atom. The standard InChI is InChI=1S/C34H48O9/c1-8-10-11-12-13-14-15-16-28(38)42-30-29(39)22(4)33(7,18-17-21(3)9-2)27-20-25(37)19-26-31(40-23(5)35)43-32(34(26,27)30)41-24(6)36/h9,13-16,19,22,25,27,29-32,37,39H,2-3,8,10-12,17-18,20H2,1,4-7H3/b14-13+,16-15+/t22-,25+,27+,29-,30+,31+,32+,33-,34-/m1/s1. The van der Waals surface area contributed by atoms with Crippen LogP contribution < -0.4 is 0 Å². The van der Waals surface area contributed by atoms with Crippen molar-refractivity contribution in [3.05, 3.63) is 60.8 Å². The van der Waals surface area contributed by atoms with E-state index >= 15 is 0 Å². The molecule has 2 aliphatic carbocycles. The zero-order valence-electron chi connectivity index (χ0n) is 26.1. The molecule has 1 aliphatic heterocycles. The van der Waals surface area contributed by atoms with Gasteiger partial charge in [0.2, 0.25) is 12.6 Å². The van der Waals surface area contributed by atoms with Gasteiger partial charge >= 0.3 is 17.9 Å². The second-order valence-electron chi connectivity index (χ2n) is 12.2. The van der Waals surface area contributed by atoms with Gasteiger partial charge in [0, 0.05) is 25.5 Å². The Hall–Kier alpha value is -3.01. The lowest BCUT2D eigenvalue weighted by Gasteiger charge is -2.62. The molecule has 9 heteroatoms. The van der Waals surface area contributed by atoms with Crippen LogP contribution in [0.5, 0.6) is 0 Å². The SMILES string of the molecule is C=CC(=C)CC[C@]1(C)[C@H](C)[C@@H](O)[C@H](OC(=O)/C=C/C=C/CCCCC)[C@@]23C(=C[C@H](O)C[C@@H]12)[C@@H](OC(C)=O)O[C@@H]3OC(C)=O. The molecule has 9 atom stereocenters. The first-order valence-corrected chi connectivity index (χ1v) is 15.2. The number of hydrogen-bond donors (Lipinski definition) is 2. The fraction of sp³-hybridized carbons (Fsp3) is 0.618. The quantitative estimate of drug-likeness (QED) is 0.0729. The highest BCUT2D eigenvalue weighted by Crippen LogP contribution is 2.67. The smallest absolute Gasteiger partial charge is 0.331 e. The van der Waals surface area contributed by atoms with E-state index < -0.39 is 71.5 Å². The number of aliphatic hydroxyl groups excluding tert-OH is 2. The van der Waals surface area contributed by atoms with Crippen LogP contribution in [0.4, 0.5) is 0 Å². The van der Waals surface area contributed by atoms with E-state index in [4.69, 9.17) is 18.9 Å². The van der Waals surface area contributed by atoms with E-state index in [1.54, 1.807) is 18.2 Å². The van der Waals surface area contributed by atoms with Crippen molar-refractivity contribution in [2.45, 2.75) is 110 Å². The number of allylic oxidation sites excluding steroid dienone is 5. The Labute approximate surface area is 255 Å². The van der Waals surface area contributed by atoms with Crippen molar-refractivity contribution >= 4 is 17.9 Å². The highest BCUT2D eigenvalue weighted by Gasteiger charge is 2.74. The highest BCUT2D eigenvalue weighted by atomic mass is 16.8. The molecule has 0 aromatic rings. The fourth-order valence-electron chi connectivity index (χ4n) is 7.11. The van der Waals surface area contributed by atoms with Gasteiger partial charge < -0.3 is 24.4 Å². The molecule has 0 aromatic heterocycles. The molecule has 1 saturated carbocycles. The minimum atomic E-state index is -1.46. The average Bonchev–Trinajstić information content (AvgIpc) is 3.23. The van der Waals surface area contributed by atoms with Crippen molar-refractivity contribution in [2.24, 2.45) is 22.7 Å². The molecule has 0 unspecified atom stereocenters. The number of unbranched alkanes of at least 4 members (excludes halogenated alkanes) is 3. The predicted octanol–water partition coefficient (Wildman–Crippen LogP) is 5.23. The number of ether oxygens (including phenoxy) is 4. The third kappa shape index (κ3) is 7.21. The molecule has 2 N–H and O–H groups in total. The summed E-state index contributed by atoms with van der Waals surface area (Å²) in [5.74, 6) is -2.98. The minimum Gasteiger partial charge on any atom is -0.455 e. The van der Waals surface area contributed by atoms with Gasteiger partial charge in [0.05, 0.1) is 12.2 Å². The number of carbonyl (C=O) groups excluding carboxylic acids is 3. The summed E-state index contributed by atoms with van der Waals surface area (Å²) >= 11 is 0. The van der Waals surface area contributed by atoms with Gasteiger partial charge in [-0.15, -0.1) is 0 Å². The lowest BCUT2D eigenvalue weighted by molar-refractivity contribution is -0.276. The molecule has 0 amide bonds. The van der Waals surface area contributed by atoms with Crippen molar-refractivity contribution in [3.8, 4) is 0 Å². The third-order valence-electron chi connectivity index (χ3n) is 9.46. The Kier molecular flexibility index (Phi) is 11.7. The Morgan fingerprint density at radius 3 is 2.44 bits per heavy atom. The van der Waals surface area contributed by atoms with Crippen LogP contribution in [0, 0.1) is 22.7 Å². The normalized spacial score (nSPS) is 35.1. The lowest BCUT2D eigenvalue weighted by Crippen LogP contribution is -2.68. The predicted molar refractivity (Wildman–Crippen MR) is 161 cm³/mol. The van der Waals surface area contributed by atoms with Crippen molar-refractivity contribution in [1.29, 1.82) is 0 Å². The number of carbonyl (C=O) groups is 3. The van der Waals surface area contributed by atoms with E-state index in [0.717, 1.165) is 31.3 Å². The summed E-state index contributed by atoms with van der Waals surface area (Å²) in [6.07, 6.45) is 9.18. The molecule has 0 bridgehead atoms. The van der Waals surface area contributed by atoms with Gasteiger partial charge in [0.1, 0.15) is 11.5 Å². The maximum atomic E-state index is 13.2. The summed E-state index contributed by atoms with van der Waals surface area (Å²) in [6.45, 7) is 16.3. The summed E-state index contributed by atoms with van der Waals surface area (Å²) in [7, 11) is 0. The topological polar surface area (TPSA) is 129 Å². The Bertz CT molecular complexity index is 1150. The van der Waals surface area contributed by atoms with Gasteiger partial charge in [0.15, 0.2) is 0 Å². The van der Waals surface area contributed by atoms with E-state index in [-0.39, 0.29) is 6.42 Å². The zero-order valence-corrected chi connectivity index (χ0v) is 26.1. The molecule has 0 aromatic carbocycles. The number of esters is 3. The number of aliphatic hydroxyl groups is 2. The molecule has 1 spiro atoms. The van der Waals surface area contributed by atoms with Gasteiger partial charge in [-0.3, -0.25) is 14.3 Å². The van der Waals surface area contributed by atoms with Crippen LogP contribution in [0.2, 0.25) is 0 Å². The molecule has 3 rings (SSSR count). The van der Waals surface area contributed by atoms with Crippen LogP contribution in [-0.2, 0) is 33.3 Å². The molecular formula is C34H48O9. The van der Waals surface area contributed by atoms with Gasteiger partial charge in [-0.05, 0) is 55.4 Å². The molecular weight excluding hydrogens is 552 g/mol. The fourth-order valence-corrected chi connectivity index (χ4v) is 7.11. The number of rotatable bonds is 13. The van der Waals surface area contributed by atoms with Gasteiger partial charge in [0.25, 0.3) is 0 Å². The molecule has 9 nitrogen and oxygen atoms in total. The second-order valence-corrected chi connectivity index (χ2v) is 12.2. The van der Waals surface area contributed by atoms with Gasteiger partial charge in [-0.25, -0.2) is 4.79 Å². The summed E-state index contributed by atoms with van der Waals surface area (Å²) in [5.41, 5.74) is -1.04. The molecule has 238 valence electrons. The third-order valence-corrected chi connectivity index (χ3v) is 9.46. The van der Waals surface area contributed by atoms with Crippen molar-refractivity contribution in [2.75, 3.05) is 0 Å². The van der Waals surface area contributed by atoms with E-state index in [1.807, 2.05) is 19.9 Å². The average molecular weight is 601 g/mol. The van der Waals surface area contributed by atoms with Crippen LogP contribution in [0.1, 0.15) is 79.6 Å².